The fourth-order valence-corrected chi connectivity index (χ4v) is 4.22. The minimum atomic E-state index is -0.866. The monoisotopic (exact) mass is 438 g/mol. The normalized spacial score (nSPS) is 18.8. The molecule has 168 valence electrons. The number of nitrogens with one attached hydrogen (secondary N) is 1. The summed E-state index contributed by atoms with van der Waals surface area (Å²) in [6.07, 6.45) is 2.24. The number of aliphatic hydroxyl groups excluding tert-OH is 1. The first-order chi connectivity index (χ1) is 15.1. The molecule has 4 rings (SSSR count). The Morgan fingerprint density at radius 1 is 1.28 bits per heavy atom. The van der Waals surface area contributed by atoms with Crippen molar-refractivity contribution in [2.75, 3.05) is 13.7 Å². The Labute approximate surface area is 184 Å². The molecule has 2 unspecified atom stereocenters. The number of likely N-dealkylation sites (tertiary alicyclic amines) is 1. The molecule has 8 heteroatoms. The number of furan rings is 1. The van der Waals surface area contributed by atoms with Crippen LogP contribution in [-0.2, 0) is 14.9 Å². The molecule has 1 amide bonds. The summed E-state index contributed by atoms with van der Waals surface area (Å²) in [6, 6.07) is 6.26. The number of pyridine rings is 1. The minimum Gasteiger partial charge on any atom is -0.467 e. The van der Waals surface area contributed by atoms with Gasteiger partial charge in [-0.3, -0.25) is 9.59 Å². The maximum atomic E-state index is 13.5. The molecular formula is C24H26N2O6. The van der Waals surface area contributed by atoms with Crippen molar-refractivity contribution in [3.63, 3.8) is 0 Å². The van der Waals surface area contributed by atoms with E-state index in [1.807, 2.05) is 26.8 Å². The molecular weight excluding hydrogens is 412 g/mol. The molecule has 0 radical (unpaired) electrons. The molecule has 0 aliphatic carbocycles. The second kappa shape index (κ2) is 7.94. The highest BCUT2D eigenvalue weighted by atomic mass is 16.5. The van der Waals surface area contributed by atoms with Gasteiger partial charge in [0.05, 0.1) is 18.8 Å². The number of benzene rings is 1. The van der Waals surface area contributed by atoms with Gasteiger partial charge in [0.2, 0.25) is 0 Å². The number of hydrogen-bond donors (Lipinski definition) is 2. The third-order valence-corrected chi connectivity index (χ3v) is 5.85. The van der Waals surface area contributed by atoms with E-state index in [2.05, 4.69) is 4.98 Å². The number of esters is 1. The van der Waals surface area contributed by atoms with E-state index in [1.54, 1.807) is 24.4 Å². The summed E-state index contributed by atoms with van der Waals surface area (Å²) in [5.74, 6) is -1.01. The average molecular weight is 438 g/mol. The van der Waals surface area contributed by atoms with Crippen molar-refractivity contribution in [2.45, 2.75) is 44.8 Å². The smallest absolute Gasteiger partial charge is 0.328 e. The topological polar surface area (TPSA) is 113 Å². The number of carbonyl (C=O) groups excluding carboxylic acids is 2. The van der Waals surface area contributed by atoms with Gasteiger partial charge in [0.1, 0.15) is 17.9 Å². The second-order valence-electron chi connectivity index (χ2n) is 9.10. The first kappa shape index (κ1) is 21.8. The summed E-state index contributed by atoms with van der Waals surface area (Å²) in [5.41, 5.74) is 2.23. The van der Waals surface area contributed by atoms with Gasteiger partial charge in [0.25, 0.3) is 11.5 Å². The Hall–Kier alpha value is -3.39. The number of fused-ring (bicyclic) bond motifs is 1. The number of aliphatic hydroxyl groups is 1. The Kier molecular flexibility index (Phi) is 5.42. The van der Waals surface area contributed by atoms with Gasteiger partial charge in [-0.15, -0.1) is 0 Å². The Morgan fingerprint density at radius 2 is 2.03 bits per heavy atom. The van der Waals surface area contributed by atoms with Crippen LogP contribution in [0.5, 0.6) is 0 Å². The van der Waals surface area contributed by atoms with Crippen LogP contribution in [0.25, 0.3) is 22.1 Å². The van der Waals surface area contributed by atoms with Crippen molar-refractivity contribution in [3.8, 4) is 11.1 Å². The van der Waals surface area contributed by atoms with Gasteiger partial charge in [0, 0.05) is 35.7 Å². The lowest BCUT2D eigenvalue weighted by Crippen LogP contribution is -2.41. The Bertz CT molecular complexity index is 1250. The number of nitrogens with zero attached hydrogens (tertiary/aromatic N) is 1. The van der Waals surface area contributed by atoms with Crippen molar-refractivity contribution in [1.29, 1.82) is 0 Å². The fourth-order valence-electron chi connectivity index (χ4n) is 4.22. The van der Waals surface area contributed by atoms with E-state index in [0.29, 0.717) is 22.1 Å². The number of aromatic amines is 1. The zero-order chi connectivity index (χ0) is 23.2. The number of carbonyl (C=O) groups is 2. The van der Waals surface area contributed by atoms with Gasteiger partial charge in [-0.25, -0.2) is 4.79 Å². The summed E-state index contributed by atoms with van der Waals surface area (Å²) in [5, 5.41) is 10.6. The number of ether oxygens (including phenoxy) is 1. The molecule has 0 bridgehead atoms. The number of methoxy groups -OCH3 is 1. The van der Waals surface area contributed by atoms with Crippen molar-refractivity contribution in [3.05, 3.63) is 58.2 Å². The van der Waals surface area contributed by atoms with Gasteiger partial charge in [-0.2, -0.15) is 0 Å². The molecule has 3 heterocycles. The summed E-state index contributed by atoms with van der Waals surface area (Å²) in [4.78, 5) is 42.1. The van der Waals surface area contributed by atoms with Crippen LogP contribution in [0.3, 0.4) is 0 Å². The summed E-state index contributed by atoms with van der Waals surface area (Å²) in [6.45, 7) is 6.09. The zero-order valence-corrected chi connectivity index (χ0v) is 18.5. The van der Waals surface area contributed by atoms with E-state index in [-0.39, 0.29) is 29.5 Å². The predicted molar refractivity (Wildman–Crippen MR) is 118 cm³/mol. The van der Waals surface area contributed by atoms with Crippen LogP contribution >= 0.6 is 0 Å². The maximum absolute atomic E-state index is 13.5. The molecule has 3 aromatic rings. The lowest BCUT2D eigenvalue weighted by Gasteiger charge is -2.22. The molecule has 1 fully saturated rings. The summed E-state index contributed by atoms with van der Waals surface area (Å²) >= 11 is 0. The molecule has 32 heavy (non-hydrogen) atoms. The highest BCUT2D eigenvalue weighted by Crippen LogP contribution is 2.37. The standard InChI is InChI=1S/C24H26N2O6/c1-24(2,3)18-9-13(15-6-5-7-25-21(15)28)8-16-17(12-32-20(16)18)22(29)26-11-14(27)10-19(26)23(30)31-4/h5-9,12,14,19,27H,10-11H2,1-4H3,(H,25,28). The van der Waals surface area contributed by atoms with E-state index in [4.69, 9.17) is 9.15 Å². The molecule has 2 N–H and O–H groups in total. The number of rotatable bonds is 3. The molecule has 1 aliphatic heterocycles. The number of aromatic nitrogens is 1. The van der Waals surface area contributed by atoms with Crippen LogP contribution in [0, 0.1) is 0 Å². The first-order valence-corrected chi connectivity index (χ1v) is 10.4. The van der Waals surface area contributed by atoms with E-state index in [0.717, 1.165) is 5.56 Å². The largest absolute Gasteiger partial charge is 0.467 e. The van der Waals surface area contributed by atoms with Gasteiger partial charge < -0.3 is 24.1 Å². The zero-order valence-electron chi connectivity index (χ0n) is 18.5. The molecule has 2 aromatic heterocycles. The maximum Gasteiger partial charge on any atom is 0.328 e. The quantitative estimate of drug-likeness (QED) is 0.608. The highest BCUT2D eigenvalue weighted by Gasteiger charge is 2.41. The third kappa shape index (κ3) is 3.71. The van der Waals surface area contributed by atoms with Crippen molar-refractivity contribution in [2.24, 2.45) is 0 Å². The van der Waals surface area contributed by atoms with E-state index in [9.17, 15) is 19.5 Å². The van der Waals surface area contributed by atoms with Crippen LogP contribution in [0.1, 0.15) is 43.1 Å². The molecule has 1 aromatic carbocycles. The van der Waals surface area contributed by atoms with Crippen LogP contribution in [0.4, 0.5) is 0 Å². The average Bonchev–Trinajstić information content (AvgIpc) is 3.35. The first-order valence-electron chi connectivity index (χ1n) is 10.4. The van der Waals surface area contributed by atoms with E-state index < -0.39 is 24.0 Å². The number of H-pyrrole nitrogens is 1. The Morgan fingerprint density at radius 3 is 2.69 bits per heavy atom. The minimum absolute atomic E-state index is 0.0233. The molecule has 0 saturated carbocycles. The van der Waals surface area contributed by atoms with Gasteiger partial charge >= 0.3 is 5.97 Å². The van der Waals surface area contributed by atoms with Gasteiger partial charge in [0.15, 0.2) is 0 Å². The van der Waals surface area contributed by atoms with Gasteiger partial charge in [-0.05, 0) is 35.2 Å². The molecule has 1 saturated heterocycles. The molecule has 0 spiro atoms. The number of β-amino-alcohol motifs (C(OH)–C–C–N with tert-alkyl or cyclic N) is 1. The Balaban J connectivity index is 1.89. The second-order valence-corrected chi connectivity index (χ2v) is 9.10. The molecule has 1 aliphatic rings. The van der Waals surface area contributed by atoms with Crippen molar-refractivity contribution in [1.82, 2.24) is 9.88 Å². The third-order valence-electron chi connectivity index (χ3n) is 5.85. The molecule has 2 atom stereocenters. The summed E-state index contributed by atoms with van der Waals surface area (Å²) in [7, 11) is 1.25. The fraction of sp³-hybridized carbons (Fsp3) is 0.375. The lowest BCUT2D eigenvalue weighted by atomic mass is 9.84. The lowest BCUT2D eigenvalue weighted by molar-refractivity contribution is -0.145. The van der Waals surface area contributed by atoms with Gasteiger partial charge in [-0.1, -0.05) is 20.8 Å². The predicted octanol–water partition coefficient (Wildman–Crippen LogP) is 2.83. The van der Waals surface area contributed by atoms with Crippen LogP contribution in [0.15, 0.2) is 45.9 Å². The summed E-state index contributed by atoms with van der Waals surface area (Å²) < 4.78 is 10.7. The van der Waals surface area contributed by atoms with E-state index in [1.165, 1.54) is 18.3 Å². The van der Waals surface area contributed by atoms with Crippen molar-refractivity contribution >= 4 is 22.8 Å². The van der Waals surface area contributed by atoms with Crippen LogP contribution < -0.4 is 5.56 Å². The van der Waals surface area contributed by atoms with Crippen molar-refractivity contribution < 1.29 is 23.8 Å². The number of amides is 1. The molecule has 8 nitrogen and oxygen atoms in total. The SMILES string of the molecule is COC(=O)C1CC(O)CN1C(=O)c1coc2c(C(C)(C)C)cc(-c3ccc[nH]c3=O)cc12. The van der Waals surface area contributed by atoms with Crippen LogP contribution in [-0.4, -0.2) is 52.7 Å². The van der Waals surface area contributed by atoms with Crippen LogP contribution in [0.2, 0.25) is 0 Å². The van der Waals surface area contributed by atoms with E-state index >= 15 is 0 Å². The highest BCUT2D eigenvalue weighted by molar-refractivity contribution is 6.08. The number of hydrogen-bond acceptors (Lipinski definition) is 6.